The van der Waals surface area contributed by atoms with Crippen LogP contribution in [0, 0.1) is 25.2 Å². The molecule has 0 radical (unpaired) electrons. The van der Waals surface area contributed by atoms with Gasteiger partial charge in [0.1, 0.15) is 17.4 Å². The van der Waals surface area contributed by atoms with Gasteiger partial charge in [0.25, 0.3) is 0 Å². The van der Waals surface area contributed by atoms with Crippen LogP contribution in [0.3, 0.4) is 0 Å². The number of halogens is 1. The summed E-state index contributed by atoms with van der Waals surface area (Å²) in [5.41, 5.74) is 2.28. The molecule has 1 saturated heterocycles. The van der Waals surface area contributed by atoms with Crippen molar-refractivity contribution in [2.24, 2.45) is 0 Å². The number of amides is 1. The Morgan fingerprint density at radius 1 is 1.29 bits per heavy atom. The Kier molecular flexibility index (Phi) is 6.40. The van der Waals surface area contributed by atoms with Gasteiger partial charge < -0.3 is 4.42 Å². The van der Waals surface area contributed by atoms with E-state index in [4.69, 9.17) is 16.0 Å². The van der Waals surface area contributed by atoms with Crippen LogP contribution in [-0.2, 0) is 4.79 Å². The predicted molar refractivity (Wildman–Crippen MR) is 109 cm³/mol. The second-order valence-electron chi connectivity index (χ2n) is 7.16. The topological polar surface area (TPSA) is 72.5 Å². The van der Waals surface area contributed by atoms with Crippen LogP contribution >= 0.6 is 11.6 Å². The maximum absolute atomic E-state index is 12.4. The molecule has 1 atom stereocenters. The standard InChI is InChI=1S/C21H25ClN4O2/c1-14-16(3)28-21(18(14)12-23)24-20(27)13-25-8-10-26(11-9-25)15(2)17-6-4-5-7-19(17)22/h4-7,15H,8-11,13H2,1-3H3,(H,24,27). The Balaban J connectivity index is 1.53. The van der Waals surface area contributed by atoms with Gasteiger partial charge in [-0.3, -0.25) is 19.9 Å². The molecule has 1 aromatic heterocycles. The van der Waals surface area contributed by atoms with Gasteiger partial charge in [-0.2, -0.15) is 5.26 Å². The van der Waals surface area contributed by atoms with Crippen molar-refractivity contribution in [3.8, 4) is 6.07 Å². The number of carbonyl (C=O) groups is 1. The summed E-state index contributed by atoms with van der Waals surface area (Å²) in [6.07, 6.45) is 0. The second-order valence-corrected chi connectivity index (χ2v) is 7.56. The van der Waals surface area contributed by atoms with Crippen LogP contribution < -0.4 is 5.32 Å². The van der Waals surface area contributed by atoms with E-state index in [0.29, 0.717) is 11.3 Å². The molecule has 3 rings (SSSR count). The van der Waals surface area contributed by atoms with Gasteiger partial charge in [0.15, 0.2) is 0 Å². The van der Waals surface area contributed by atoms with Gasteiger partial charge in [-0.1, -0.05) is 29.8 Å². The lowest BCUT2D eigenvalue weighted by molar-refractivity contribution is -0.117. The van der Waals surface area contributed by atoms with E-state index < -0.39 is 0 Å². The minimum absolute atomic E-state index is 0.169. The second kappa shape index (κ2) is 8.78. The maximum atomic E-state index is 12.4. The summed E-state index contributed by atoms with van der Waals surface area (Å²) in [6.45, 7) is 9.35. The minimum Gasteiger partial charge on any atom is -0.444 e. The van der Waals surface area contributed by atoms with Crippen LogP contribution in [0.2, 0.25) is 5.02 Å². The fraction of sp³-hybridized carbons (Fsp3) is 0.429. The molecule has 1 N–H and O–H groups in total. The van der Waals surface area contributed by atoms with E-state index in [1.807, 2.05) is 25.1 Å². The van der Waals surface area contributed by atoms with Crippen LogP contribution in [0.25, 0.3) is 0 Å². The Morgan fingerprint density at radius 2 is 1.96 bits per heavy atom. The summed E-state index contributed by atoms with van der Waals surface area (Å²) in [7, 11) is 0. The van der Waals surface area contributed by atoms with Crippen LogP contribution in [0.1, 0.15) is 35.4 Å². The summed E-state index contributed by atoms with van der Waals surface area (Å²) in [5.74, 6) is 0.723. The first-order chi connectivity index (χ1) is 13.4. The Morgan fingerprint density at radius 3 is 2.61 bits per heavy atom. The number of piperazine rings is 1. The molecule has 148 valence electrons. The number of benzene rings is 1. The van der Waals surface area contributed by atoms with Crippen molar-refractivity contribution in [3.63, 3.8) is 0 Å². The van der Waals surface area contributed by atoms with E-state index in [1.54, 1.807) is 6.92 Å². The van der Waals surface area contributed by atoms with Gasteiger partial charge in [0.2, 0.25) is 11.8 Å². The lowest BCUT2D eigenvalue weighted by atomic mass is 10.1. The summed E-state index contributed by atoms with van der Waals surface area (Å²) in [4.78, 5) is 16.9. The van der Waals surface area contributed by atoms with Crippen LogP contribution in [-0.4, -0.2) is 48.4 Å². The number of nitrogens with zero attached hydrogens (tertiary/aromatic N) is 3. The highest BCUT2D eigenvalue weighted by Gasteiger charge is 2.25. The number of anilines is 1. The maximum Gasteiger partial charge on any atom is 0.240 e. The van der Waals surface area contributed by atoms with Crippen molar-refractivity contribution in [2.75, 3.05) is 38.0 Å². The van der Waals surface area contributed by atoms with Gasteiger partial charge >= 0.3 is 0 Å². The third-order valence-corrected chi connectivity index (χ3v) is 5.77. The van der Waals surface area contributed by atoms with E-state index in [1.165, 1.54) is 0 Å². The monoisotopic (exact) mass is 400 g/mol. The van der Waals surface area contributed by atoms with Gasteiger partial charge in [-0.25, -0.2) is 0 Å². The molecule has 0 aliphatic carbocycles. The molecule has 1 aliphatic rings. The van der Waals surface area contributed by atoms with Gasteiger partial charge in [-0.05, 0) is 32.4 Å². The smallest absolute Gasteiger partial charge is 0.240 e. The van der Waals surface area contributed by atoms with E-state index in [-0.39, 0.29) is 24.4 Å². The van der Waals surface area contributed by atoms with Gasteiger partial charge in [0, 0.05) is 42.8 Å². The molecule has 7 heteroatoms. The normalized spacial score (nSPS) is 16.5. The van der Waals surface area contributed by atoms with E-state index in [0.717, 1.165) is 42.3 Å². The average Bonchev–Trinajstić information content (AvgIpc) is 2.94. The van der Waals surface area contributed by atoms with Crippen molar-refractivity contribution in [1.82, 2.24) is 9.80 Å². The molecule has 1 aromatic carbocycles. The zero-order valence-electron chi connectivity index (χ0n) is 16.5. The van der Waals surface area contributed by atoms with Gasteiger partial charge in [-0.15, -0.1) is 0 Å². The molecular formula is C21H25ClN4O2. The summed E-state index contributed by atoms with van der Waals surface area (Å²) < 4.78 is 5.51. The summed E-state index contributed by atoms with van der Waals surface area (Å²) >= 11 is 6.33. The molecule has 1 unspecified atom stereocenters. The number of hydrogen-bond donors (Lipinski definition) is 1. The average molecular weight is 401 g/mol. The summed E-state index contributed by atoms with van der Waals surface area (Å²) in [6, 6.07) is 10.3. The molecule has 1 aliphatic heterocycles. The molecular weight excluding hydrogens is 376 g/mol. The predicted octanol–water partition coefficient (Wildman–Crippen LogP) is 3.74. The highest BCUT2D eigenvalue weighted by Crippen LogP contribution is 2.28. The number of hydrogen-bond acceptors (Lipinski definition) is 5. The van der Waals surface area contributed by atoms with E-state index in [9.17, 15) is 10.1 Å². The Hall–Kier alpha value is -2.33. The molecule has 1 fully saturated rings. The minimum atomic E-state index is -0.169. The number of carbonyl (C=O) groups excluding carboxylic acids is 1. The van der Waals surface area contributed by atoms with Crippen LogP contribution in [0.5, 0.6) is 0 Å². The number of nitrogens with one attached hydrogen (secondary N) is 1. The number of rotatable bonds is 5. The number of aryl methyl sites for hydroxylation is 1. The largest absolute Gasteiger partial charge is 0.444 e. The van der Waals surface area contributed by atoms with Crippen molar-refractivity contribution in [3.05, 3.63) is 51.7 Å². The molecule has 28 heavy (non-hydrogen) atoms. The van der Waals surface area contributed by atoms with Crippen molar-refractivity contribution >= 4 is 23.4 Å². The summed E-state index contributed by atoms with van der Waals surface area (Å²) in [5, 5.41) is 12.8. The van der Waals surface area contributed by atoms with Crippen molar-refractivity contribution < 1.29 is 9.21 Å². The van der Waals surface area contributed by atoms with Crippen molar-refractivity contribution in [2.45, 2.75) is 26.8 Å². The fourth-order valence-corrected chi connectivity index (χ4v) is 3.83. The molecule has 2 heterocycles. The quantitative estimate of drug-likeness (QED) is 0.827. The highest BCUT2D eigenvalue weighted by molar-refractivity contribution is 6.31. The zero-order valence-corrected chi connectivity index (χ0v) is 17.2. The fourth-order valence-electron chi connectivity index (χ4n) is 3.54. The van der Waals surface area contributed by atoms with Crippen molar-refractivity contribution in [1.29, 1.82) is 5.26 Å². The SMILES string of the molecule is Cc1oc(NC(=O)CN2CCN(C(C)c3ccccc3Cl)CC2)c(C#N)c1C. The van der Waals surface area contributed by atoms with E-state index in [2.05, 4.69) is 34.2 Å². The first-order valence-corrected chi connectivity index (χ1v) is 9.79. The number of nitriles is 1. The number of furan rings is 1. The zero-order chi connectivity index (χ0) is 20.3. The van der Waals surface area contributed by atoms with Gasteiger partial charge in [0.05, 0.1) is 6.54 Å². The molecule has 2 aromatic rings. The van der Waals surface area contributed by atoms with Crippen LogP contribution in [0.15, 0.2) is 28.7 Å². The first-order valence-electron chi connectivity index (χ1n) is 9.41. The third kappa shape index (κ3) is 4.39. The molecule has 0 spiro atoms. The Bertz CT molecular complexity index is 894. The molecule has 6 nitrogen and oxygen atoms in total. The molecule has 1 amide bonds. The van der Waals surface area contributed by atoms with E-state index >= 15 is 0 Å². The molecule has 0 saturated carbocycles. The Labute approximate surface area is 170 Å². The lowest BCUT2D eigenvalue weighted by Crippen LogP contribution is -2.49. The lowest BCUT2D eigenvalue weighted by Gasteiger charge is -2.38. The third-order valence-electron chi connectivity index (χ3n) is 5.43. The highest BCUT2D eigenvalue weighted by atomic mass is 35.5. The first kappa shape index (κ1) is 20.4. The molecule has 0 bridgehead atoms. The van der Waals surface area contributed by atoms with Crippen LogP contribution in [0.4, 0.5) is 5.88 Å².